The largest absolute Gasteiger partial charge is 0.378 e. The molecule has 1 saturated heterocycles. The Balaban J connectivity index is 2.26. The van der Waals surface area contributed by atoms with Gasteiger partial charge in [0.25, 0.3) is 5.56 Å². The maximum absolute atomic E-state index is 11.9. The number of morpholine rings is 1. The fourth-order valence-corrected chi connectivity index (χ4v) is 1.56. The van der Waals surface area contributed by atoms with Crippen LogP contribution in [0.3, 0.4) is 0 Å². The monoisotopic (exact) mass is 226 g/mol. The summed E-state index contributed by atoms with van der Waals surface area (Å²) in [4.78, 5) is 25.1. The van der Waals surface area contributed by atoms with Crippen LogP contribution in [0.5, 0.6) is 0 Å². The molecule has 88 valence electrons. The minimum Gasteiger partial charge on any atom is -0.378 e. The van der Waals surface area contributed by atoms with Crippen LogP contribution in [0.1, 0.15) is 11.3 Å². The van der Waals surface area contributed by atoms with Crippen molar-refractivity contribution >= 4 is 6.03 Å². The lowest BCUT2D eigenvalue weighted by atomic mass is 10.3. The van der Waals surface area contributed by atoms with Crippen molar-refractivity contribution in [1.29, 1.82) is 0 Å². The van der Waals surface area contributed by atoms with E-state index in [4.69, 9.17) is 9.26 Å². The summed E-state index contributed by atoms with van der Waals surface area (Å²) in [6.07, 6.45) is 0. The van der Waals surface area contributed by atoms with E-state index in [9.17, 15) is 9.59 Å². The third-order valence-electron chi connectivity index (χ3n) is 2.72. The predicted octanol–water partition coefficient (Wildman–Crippen LogP) is 0.358. The summed E-state index contributed by atoms with van der Waals surface area (Å²) in [5.41, 5.74) is 0.0931. The Morgan fingerprint density at radius 2 is 1.88 bits per heavy atom. The average molecular weight is 226 g/mol. The molecule has 1 aliphatic heterocycles. The molecular weight excluding hydrogens is 212 g/mol. The molecule has 2 rings (SSSR count). The standard InChI is InChI=1S/C10H14N2O4/c1-7-8(2)16-12(9(7)13)10(14)11-3-5-15-6-4-11/h3-6H2,1-2H3. The number of hydrogen-bond donors (Lipinski definition) is 0. The van der Waals surface area contributed by atoms with Crippen LogP contribution in [0, 0.1) is 13.8 Å². The lowest BCUT2D eigenvalue weighted by Gasteiger charge is -2.25. The van der Waals surface area contributed by atoms with E-state index in [-0.39, 0.29) is 5.56 Å². The smallest absolute Gasteiger partial charge is 0.361 e. The van der Waals surface area contributed by atoms with Gasteiger partial charge in [-0.15, -0.1) is 0 Å². The molecule has 6 nitrogen and oxygen atoms in total. The van der Waals surface area contributed by atoms with Gasteiger partial charge in [-0.25, -0.2) is 4.79 Å². The first-order valence-electron chi connectivity index (χ1n) is 5.18. The van der Waals surface area contributed by atoms with Crippen molar-refractivity contribution in [2.75, 3.05) is 26.3 Å². The zero-order valence-corrected chi connectivity index (χ0v) is 9.36. The SMILES string of the molecule is Cc1on(C(=O)N2CCOCC2)c(=O)c1C. The first-order chi connectivity index (χ1) is 7.61. The molecule has 0 saturated carbocycles. The van der Waals surface area contributed by atoms with Gasteiger partial charge >= 0.3 is 6.03 Å². The van der Waals surface area contributed by atoms with E-state index in [2.05, 4.69) is 0 Å². The molecule has 1 fully saturated rings. The quantitative estimate of drug-likeness (QED) is 0.640. The highest BCUT2D eigenvalue weighted by atomic mass is 16.5. The second-order valence-electron chi connectivity index (χ2n) is 3.75. The molecule has 16 heavy (non-hydrogen) atoms. The molecule has 0 unspecified atom stereocenters. The molecular formula is C10H14N2O4. The van der Waals surface area contributed by atoms with Gasteiger partial charge in [-0.3, -0.25) is 4.79 Å². The summed E-state index contributed by atoms with van der Waals surface area (Å²) in [6.45, 7) is 5.29. The fraction of sp³-hybridized carbons (Fsp3) is 0.600. The lowest BCUT2D eigenvalue weighted by molar-refractivity contribution is 0.0479. The first kappa shape index (κ1) is 10.9. The number of ether oxygens (including phenoxy) is 1. The highest BCUT2D eigenvalue weighted by Gasteiger charge is 2.23. The van der Waals surface area contributed by atoms with E-state index in [1.807, 2.05) is 0 Å². The third kappa shape index (κ3) is 1.76. The molecule has 1 aromatic rings. The van der Waals surface area contributed by atoms with Crippen molar-refractivity contribution in [3.63, 3.8) is 0 Å². The van der Waals surface area contributed by atoms with Gasteiger partial charge in [0.05, 0.1) is 18.8 Å². The molecule has 0 spiro atoms. The highest BCUT2D eigenvalue weighted by Crippen LogP contribution is 2.05. The molecule has 6 heteroatoms. The molecule has 0 atom stereocenters. The van der Waals surface area contributed by atoms with Crippen molar-refractivity contribution in [3.05, 3.63) is 21.7 Å². The van der Waals surface area contributed by atoms with Gasteiger partial charge < -0.3 is 14.2 Å². The van der Waals surface area contributed by atoms with Crippen LogP contribution >= 0.6 is 0 Å². The second-order valence-corrected chi connectivity index (χ2v) is 3.75. The highest BCUT2D eigenvalue weighted by molar-refractivity contribution is 5.75. The maximum Gasteiger partial charge on any atom is 0.361 e. The minimum atomic E-state index is -0.412. The molecule has 1 amide bonds. The molecule has 0 aliphatic carbocycles. The van der Waals surface area contributed by atoms with Crippen LogP contribution in [0.25, 0.3) is 0 Å². The molecule has 0 aromatic carbocycles. The number of hydrogen-bond acceptors (Lipinski definition) is 4. The van der Waals surface area contributed by atoms with E-state index >= 15 is 0 Å². The topological polar surface area (TPSA) is 64.7 Å². The van der Waals surface area contributed by atoms with Crippen molar-refractivity contribution in [2.24, 2.45) is 0 Å². The summed E-state index contributed by atoms with van der Waals surface area (Å²) in [6, 6.07) is -0.412. The number of aromatic nitrogens is 1. The fourth-order valence-electron chi connectivity index (χ4n) is 1.56. The second kappa shape index (κ2) is 4.13. The van der Waals surface area contributed by atoms with Crippen LogP contribution < -0.4 is 5.56 Å². The van der Waals surface area contributed by atoms with Gasteiger partial charge in [-0.1, -0.05) is 4.74 Å². The van der Waals surface area contributed by atoms with Crippen molar-refractivity contribution in [3.8, 4) is 0 Å². The Labute approximate surface area is 92.4 Å². The summed E-state index contributed by atoms with van der Waals surface area (Å²) in [7, 11) is 0. The number of carbonyl (C=O) groups excluding carboxylic acids is 1. The summed E-state index contributed by atoms with van der Waals surface area (Å²) in [5.74, 6) is 0.478. The Morgan fingerprint density at radius 1 is 1.25 bits per heavy atom. The molecule has 2 heterocycles. The lowest BCUT2D eigenvalue weighted by Crippen LogP contribution is -2.45. The van der Waals surface area contributed by atoms with E-state index < -0.39 is 6.03 Å². The van der Waals surface area contributed by atoms with E-state index in [1.165, 1.54) is 0 Å². The van der Waals surface area contributed by atoms with Gasteiger partial charge in [-0.2, -0.15) is 0 Å². The van der Waals surface area contributed by atoms with Gasteiger partial charge in [0.1, 0.15) is 5.76 Å². The van der Waals surface area contributed by atoms with E-state index in [0.29, 0.717) is 37.6 Å². The van der Waals surface area contributed by atoms with Crippen LogP contribution in [0.15, 0.2) is 9.32 Å². The van der Waals surface area contributed by atoms with Crippen LogP contribution in [-0.4, -0.2) is 42.0 Å². The number of carbonyl (C=O) groups is 1. The third-order valence-corrected chi connectivity index (χ3v) is 2.72. The summed E-state index contributed by atoms with van der Waals surface area (Å²) < 4.78 is 11.1. The van der Waals surface area contributed by atoms with Gasteiger partial charge in [0, 0.05) is 13.1 Å². The van der Waals surface area contributed by atoms with E-state index in [1.54, 1.807) is 18.7 Å². The van der Waals surface area contributed by atoms with Crippen LogP contribution in [0.4, 0.5) is 4.79 Å². The van der Waals surface area contributed by atoms with Gasteiger partial charge in [0.2, 0.25) is 0 Å². The summed E-state index contributed by atoms with van der Waals surface area (Å²) >= 11 is 0. The molecule has 0 radical (unpaired) electrons. The zero-order chi connectivity index (χ0) is 11.7. The average Bonchev–Trinajstić information content (AvgIpc) is 2.57. The molecule has 1 aliphatic rings. The Kier molecular flexibility index (Phi) is 2.82. The number of amides is 1. The van der Waals surface area contributed by atoms with Crippen molar-refractivity contribution in [2.45, 2.75) is 13.8 Å². The van der Waals surface area contributed by atoms with Crippen molar-refractivity contribution < 1.29 is 14.1 Å². The Morgan fingerprint density at radius 3 is 2.38 bits per heavy atom. The summed E-state index contributed by atoms with van der Waals surface area (Å²) in [5, 5.41) is 0. The number of nitrogens with zero attached hydrogens (tertiary/aromatic N) is 2. The number of rotatable bonds is 0. The maximum atomic E-state index is 11.9. The van der Waals surface area contributed by atoms with Crippen LogP contribution in [0.2, 0.25) is 0 Å². The zero-order valence-electron chi connectivity index (χ0n) is 9.36. The minimum absolute atomic E-state index is 0.381. The molecule has 1 aromatic heterocycles. The molecule has 0 N–H and O–H groups in total. The predicted molar refractivity (Wildman–Crippen MR) is 55.6 cm³/mol. The van der Waals surface area contributed by atoms with Crippen molar-refractivity contribution in [1.82, 2.24) is 9.64 Å². The Bertz CT molecular complexity index is 454. The Hall–Kier alpha value is -1.56. The van der Waals surface area contributed by atoms with Gasteiger partial charge in [-0.05, 0) is 13.8 Å². The number of aryl methyl sites for hydroxylation is 1. The first-order valence-corrected chi connectivity index (χ1v) is 5.18. The van der Waals surface area contributed by atoms with Gasteiger partial charge in [0.15, 0.2) is 0 Å². The van der Waals surface area contributed by atoms with E-state index in [0.717, 1.165) is 4.74 Å². The normalized spacial score (nSPS) is 16.5. The van der Waals surface area contributed by atoms with Crippen LogP contribution in [-0.2, 0) is 4.74 Å². The molecule has 0 bridgehead atoms.